The van der Waals surface area contributed by atoms with E-state index in [0.717, 1.165) is 23.6 Å². The van der Waals surface area contributed by atoms with E-state index in [1.165, 1.54) is 37.4 Å². The fourth-order valence-corrected chi connectivity index (χ4v) is 5.43. The standard InChI is InChI=1S/C30H28F5N7O2/c1-5-22(43)40-11-12-41(16(3)14-40)27-18-13-20(32)25(23-19(31)7-6-8-21(23)36)38-28(18)42(29(44)39-27)26-15(2)9-10-37-24(26)17(4)30(33,34)35/h5-10,13,16-17H,1,11-12,14,36H2,2-4H3/t16-,17+/m0/s1. The van der Waals surface area contributed by atoms with Gasteiger partial charge in [0.2, 0.25) is 5.91 Å². The van der Waals surface area contributed by atoms with E-state index in [4.69, 9.17) is 5.73 Å². The summed E-state index contributed by atoms with van der Waals surface area (Å²) in [6.07, 6.45) is -2.34. The molecule has 1 aromatic carbocycles. The number of carbonyl (C=O) groups is 1. The van der Waals surface area contributed by atoms with Crippen LogP contribution in [-0.2, 0) is 4.79 Å². The summed E-state index contributed by atoms with van der Waals surface area (Å²) in [5.74, 6) is -4.27. The summed E-state index contributed by atoms with van der Waals surface area (Å²) in [5.41, 5.74) is 3.18. The summed E-state index contributed by atoms with van der Waals surface area (Å²) in [6.45, 7) is 8.33. The normalized spacial score (nSPS) is 16.3. The van der Waals surface area contributed by atoms with Gasteiger partial charge in [0.1, 0.15) is 17.3 Å². The maximum absolute atomic E-state index is 15.9. The average molecular weight is 614 g/mol. The van der Waals surface area contributed by atoms with Gasteiger partial charge in [-0.3, -0.25) is 9.78 Å². The van der Waals surface area contributed by atoms with Crippen LogP contribution in [0, 0.1) is 18.6 Å². The van der Waals surface area contributed by atoms with Gasteiger partial charge in [-0.15, -0.1) is 0 Å². The highest BCUT2D eigenvalue weighted by atomic mass is 19.4. The largest absolute Gasteiger partial charge is 0.398 e. The molecule has 9 nitrogen and oxygen atoms in total. The maximum Gasteiger partial charge on any atom is 0.397 e. The summed E-state index contributed by atoms with van der Waals surface area (Å²) in [4.78, 5) is 41.9. The van der Waals surface area contributed by atoms with E-state index in [0.29, 0.717) is 0 Å². The van der Waals surface area contributed by atoms with Crippen LogP contribution in [0.3, 0.4) is 0 Å². The van der Waals surface area contributed by atoms with Crippen LogP contribution in [0.4, 0.5) is 33.5 Å². The number of fused-ring (bicyclic) bond motifs is 1. The minimum absolute atomic E-state index is 0.00544. The van der Waals surface area contributed by atoms with Crippen molar-refractivity contribution in [2.24, 2.45) is 0 Å². The van der Waals surface area contributed by atoms with Gasteiger partial charge in [-0.1, -0.05) is 12.6 Å². The van der Waals surface area contributed by atoms with Crippen LogP contribution in [0.5, 0.6) is 0 Å². The van der Waals surface area contributed by atoms with Crippen molar-refractivity contribution in [1.82, 2.24) is 24.4 Å². The summed E-state index contributed by atoms with van der Waals surface area (Å²) in [7, 11) is 0. The number of pyridine rings is 2. The molecule has 1 fully saturated rings. The van der Waals surface area contributed by atoms with E-state index in [1.54, 1.807) is 16.7 Å². The third kappa shape index (κ3) is 5.24. The number of piperazine rings is 1. The first-order valence-corrected chi connectivity index (χ1v) is 13.6. The fraction of sp³-hybridized carbons (Fsp3) is 0.300. The van der Waals surface area contributed by atoms with Crippen molar-refractivity contribution in [2.75, 3.05) is 30.3 Å². The second-order valence-corrected chi connectivity index (χ2v) is 10.6. The Hall–Kier alpha value is -4.88. The number of hydrogen-bond donors (Lipinski definition) is 1. The number of rotatable bonds is 5. The molecule has 3 aromatic heterocycles. The number of carbonyl (C=O) groups excluding carboxylic acids is 1. The average Bonchev–Trinajstić information content (AvgIpc) is 2.96. The van der Waals surface area contributed by atoms with Crippen molar-refractivity contribution < 1.29 is 26.7 Å². The van der Waals surface area contributed by atoms with Crippen LogP contribution in [-0.4, -0.2) is 62.2 Å². The van der Waals surface area contributed by atoms with Crippen LogP contribution >= 0.6 is 0 Å². The molecular formula is C30H28F5N7O2. The molecule has 0 spiro atoms. The third-order valence-electron chi connectivity index (χ3n) is 7.75. The number of nitrogens with two attached hydrogens (primary N) is 1. The quantitative estimate of drug-likeness (QED) is 0.194. The number of nitrogens with zero attached hydrogens (tertiary/aromatic N) is 6. The Labute approximate surface area is 248 Å². The number of halogens is 5. The number of hydrogen-bond acceptors (Lipinski definition) is 7. The summed E-state index contributed by atoms with van der Waals surface area (Å²) >= 11 is 0. The number of amides is 1. The van der Waals surface area contributed by atoms with Crippen molar-refractivity contribution >= 4 is 28.4 Å². The highest BCUT2D eigenvalue weighted by molar-refractivity contribution is 5.92. The first-order valence-electron chi connectivity index (χ1n) is 13.6. The van der Waals surface area contributed by atoms with Gasteiger partial charge >= 0.3 is 11.9 Å². The van der Waals surface area contributed by atoms with Gasteiger partial charge in [0, 0.05) is 37.6 Å². The van der Waals surface area contributed by atoms with Gasteiger partial charge in [-0.25, -0.2) is 23.1 Å². The van der Waals surface area contributed by atoms with Gasteiger partial charge in [0.15, 0.2) is 11.5 Å². The minimum Gasteiger partial charge on any atom is -0.398 e. The van der Waals surface area contributed by atoms with E-state index >= 15 is 4.39 Å². The SMILES string of the molecule is C=CC(=O)N1CCN(c2nc(=O)n(-c3c(C)ccnc3[C@@H](C)C(F)(F)F)c3nc(-c4c(N)cccc4F)c(F)cc23)[C@@H](C)C1. The van der Waals surface area contributed by atoms with Crippen molar-refractivity contribution in [2.45, 2.75) is 38.9 Å². The number of aromatic nitrogens is 4. The highest BCUT2D eigenvalue weighted by Crippen LogP contribution is 2.39. The second-order valence-electron chi connectivity index (χ2n) is 10.6. The Balaban J connectivity index is 1.85. The molecule has 230 valence electrons. The van der Waals surface area contributed by atoms with Crippen molar-refractivity contribution in [3.63, 3.8) is 0 Å². The first-order chi connectivity index (χ1) is 20.7. The third-order valence-corrected chi connectivity index (χ3v) is 7.75. The van der Waals surface area contributed by atoms with Gasteiger partial charge in [0.05, 0.1) is 28.2 Å². The van der Waals surface area contributed by atoms with Crippen molar-refractivity contribution in [3.8, 4) is 16.9 Å². The molecule has 0 unspecified atom stereocenters. The molecule has 4 aromatic rings. The van der Waals surface area contributed by atoms with Crippen LogP contribution in [0.25, 0.3) is 28.0 Å². The molecule has 14 heteroatoms. The lowest BCUT2D eigenvalue weighted by atomic mass is 10.0. The monoisotopic (exact) mass is 613 g/mol. The van der Waals surface area contributed by atoms with Gasteiger partial charge in [-0.2, -0.15) is 18.2 Å². The van der Waals surface area contributed by atoms with Crippen molar-refractivity contribution in [1.29, 1.82) is 0 Å². The molecule has 5 rings (SSSR count). The van der Waals surface area contributed by atoms with Crippen LogP contribution in [0.2, 0.25) is 0 Å². The molecule has 4 heterocycles. The topological polar surface area (TPSA) is 110 Å². The van der Waals surface area contributed by atoms with E-state index in [9.17, 15) is 27.2 Å². The number of nitrogen functional groups attached to an aromatic ring is 1. The zero-order valence-corrected chi connectivity index (χ0v) is 24.0. The number of aryl methyl sites for hydroxylation is 1. The molecule has 0 bridgehead atoms. The summed E-state index contributed by atoms with van der Waals surface area (Å²) in [6, 6.07) is 5.74. The smallest absolute Gasteiger partial charge is 0.397 e. The number of benzene rings is 1. The predicted molar refractivity (Wildman–Crippen MR) is 155 cm³/mol. The second kappa shape index (κ2) is 11.3. The molecule has 44 heavy (non-hydrogen) atoms. The molecule has 2 N–H and O–H groups in total. The first kappa shape index (κ1) is 30.6. The van der Waals surface area contributed by atoms with Gasteiger partial charge in [0.25, 0.3) is 0 Å². The summed E-state index contributed by atoms with van der Waals surface area (Å²) in [5, 5.41) is -0.0232. The van der Waals surface area contributed by atoms with Crippen LogP contribution in [0.15, 0.2) is 54.0 Å². The van der Waals surface area contributed by atoms with Gasteiger partial charge < -0.3 is 15.5 Å². The van der Waals surface area contributed by atoms with Crippen LogP contribution in [0.1, 0.15) is 31.0 Å². The lowest BCUT2D eigenvalue weighted by Gasteiger charge is -2.40. The maximum atomic E-state index is 15.9. The van der Waals surface area contributed by atoms with E-state index in [2.05, 4.69) is 21.5 Å². The zero-order chi connectivity index (χ0) is 32.1. The Kier molecular flexibility index (Phi) is 7.87. The molecule has 1 amide bonds. The van der Waals surface area contributed by atoms with E-state index < -0.39 is 46.8 Å². The molecule has 0 aliphatic carbocycles. The van der Waals surface area contributed by atoms with Crippen LogP contribution < -0.4 is 16.3 Å². The Morgan fingerprint density at radius 1 is 1.16 bits per heavy atom. The Bertz CT molecular complexity index is 1840. The van der Waals surface area contributed by atoms with Crippen molar-refractivity contribution in [3.05, 3.63) is 82.6 Å². The Morgan fingerprint density at radius 3 is 2.52 bits per heavy atom. The fourth-order valence-electron chi connectivity index (χ4n) is 5.43. The lowest BCUT2D eigenvalue weighted by molar-refractivity contribution is -0.147. The highest BCUT2D eigenvalue weighted by Gasteiger charge is 2.40. The molecule has 1 aliphatic rings. The lowest BCUT2D eigenvalue weighted by Crippen LogP contribution is -2.54. The molecular weight excluding hydrogens is 585 g/mol. The number of anilines is 2. The molecule has 1 saturated heterocycles. The number of alkyl halides is 3. The minimum atomic E-state index is -4.72. The van der Waals surface area contributed by atoms with Gasteiger partial charge in [-0.05, 0) is 56.7 Å². The molecule has 0 saturated carbocycles. The Morgan fingerprint density at radius 2 is 1.89 bits per heavy atom. The predicted octanol–water partition coefficient (Wildman–Crippen LogP) is 4.90. The molecule has 0 radical (unpaired) electrons. The summed E-state index contributed by atoms with van der Waals surface area (Å²) < 4.78 is 73.6. The van der Waals surface area contributed by atoms with E-state index in [1.807, 2.05) is 0 Å². The molecule has 1 aliphatic heterocycles. The zero-order valence-electron chi connectivity index (χ0n) is 24.0. The molecule has 2 atom stereocenters. The van der Waals surface area contributed by atoms with E-state index in [-0.39, 0.29) is 64.9 Å².